The Balaban J connectivity index is 2.37. The molecule has 106 valence electrons. The van der Waals surface area contributed by atoms with Crippen molar-refractivity contribution in [2.24, 2.45) is 7.05 Å². The van der Waals surface area contributed by atoms with Crippen LogP contribution in [0.3, 0.4) is 0 Å². The van der Waals surface area contributed by atoms with Gasteiger partial charge >= 0.3 is 5.97 Å². The van der Waals surface area contributed by atoms with Gasteiger partial charge in [0.2, 0.25) is 0 Å². The van der Waals surface area contributed by atoms with Crippen molar-refractivity contribution in [2.45, 2.75) is 5.16 Å². The lowest BCUT2D eigenvalue weighted by molar-refractivity contribution is -0.133. The van der Waals surface area contributed by atoms with Crippen LogP contribution in [0, 0.1) is 17.5 Å². The summed E-state index contributed by atoms with van der Waals surface area (Å²) in [5, 5.41) is 12.7. The fraction of sp³-hybridized carbons (Fsp3) is 0.182. The molecule has 0 fully saturated rings. The van der Waals surface area contributed by atoms with Crippen molar-refractivity contribution in [2.75, 3.05) is 5.75 Å². The lowest BCUT2D eigenvalue weighted by atomic mass is 10.2. The van der Waals surface area contributed by atoms with Crippen molar-refractivity contribution < 1.29 is 23.1 Å². The number of aryl methyl sites for hydroxylation is 1. The molecule has 5 nitrogen and oxygen atoms in total. The normalized spacial score (nSPS) is 10.8. The van der Waals surface area contributed by atoms with Gasteiger partial charge in [0.05, 0.1) is 11.3 Å². The van der Waals surface area contributed by atoms with Crippen LogP contribution in [0.4, 0.5) is 13.2 Å². The summed E-state index contributed by atoms with van der Waals surface area (Å²) in [6, 6.07) is 1.79. The largest absolute Gasteiger partial charge is 0.481 e. The second-order valence-electron chi connectivity index (χ2n) is 3.75. The number of aliphatic carboxylic acids is 1. The van der Waals surface area contributed by atoms with Crippen molar-refractivity contribution in [3.05, 3.63) is 29.6 Å². The zero-order valence-electron chi connectivity index (χ0n) is 10.1. The average molecular weight is 303 g/mol. The van der Waals surface area contributed by atoms with Crippen LogP contribution < -0.4 is 0 Å². The van der Waals surface area contributed by atoms with Gasteiger partial charge in [0.15, 0.2) is 28.4 Å². The number of carboxylic acids is 1. The van der Waals surface area contributed by atoms with Crippen LogP contribution in [-0.4, -0.2) is 31.6 Å². The van der Waals surface area contributed by atoms with Crippen molar-refractivity contribution in [3.63, 3.8) is 0 Å². The third kappa shape index (κ3) is 2.77. The van der Waals surface area contributed by atoms with Gasteiger partial charge in [0.25, 0.3) is 0 Å². The minimum Gasteiger partial charge on any atom is -0.481 e. The number of hydrogen-bond acceptors (Lipinski definition) is 4. The highest BCUT2D eigenvalue weighted by Gasteiger charge is 2.19. The Bertz CT molecular complexity index is 675. The first kappa shape index (κ1) is 14.4. The van der Waals surface area contributed by atoms with E-state index in [2.05, 4.69) is 10.1 Å². The summed E-state index contributed by atoms with van der Waals surface area (Å²) in [7, 11) is 1.48. The molecule has 0 radical (unpaired) electrons. The molecule has 1 N–H and O–H groups in total. The molecule has 0 aliphatic rings. The Morgan fingerprint density at radius 3 is 2.70 bits per heavy atom. The van der Waals surface area contributed by atoms with Crippen molar-refractivity contribution in [1.29, 1.82) is 0 Å². The fourth-order valence-corrected chi connectivity index (χ4v) is 2.07. The van der Waals surface area contributed by atoms with Crippen LogP contribution in [0.5, 0.6) is 0 Å². The standard InChI is InChI=1S/C11H8F3N3O2S/c1-17-11(20-4-7(18)19)15-10(16-17)5-2-3-6(12)9(14)8(5)13/h2-3H,4H2,1H3,(H,18,19). The number of benzene rings is 1. The molecule has 1 heterocycles. The van der Waals surface area contributed by atoms with Gasteiger partial charge in [0.1, 0.15) is 0 Å². The molecule has 0 amide bonds. The van der Waals surface area contributed by atoms with Gasteiger partial charge in [-0.1, -0.05) is 11.8 Å². The molecule has 0 spiro atoms. The van der Waals surface area contributed by atoms with Gasteiger partial charge in [-0.2, -0.15) is 5.10 Å². The third-order valence-corrected chi connectivity index (χ3v) is 3.33. The number of hydrogen-bond donors (Lipinski definition) is 1. The van der Waals surface area contributed by atoms with Gasteiger partial charge in [-0.25, -0.2) is 22.8 Å². The lowest BCUT2D eigenvalue weighted by Crippen LogP contribution is -2.00. The average Bonchev–Trinajstić information content (AvgIpc) is 2.75. The minimum absolute atomic E-state index is 0.142. The molecule has 0 saturated carbocycles. The van der Waals surface area contributed by atoms with Gasteiger partial charge in [-0.3, -0.25) is 4.79 Å². The van der Waals surface area contributed by atoms with Crippen LogP contribution in [0.25, 0.3) is 11.4 Å². The highest BCUT2D eigenvalue weighted by Crippen LogP contribution is 2.25. The molecule has 9 heteroatoms. The second-order valence-corrected chi connectivity index (χ2v) is 4.69. The van der Waals surface area contributed by atoms with Gasteiger partial charge in [-0.05, 0) is 12.1 Å². The van der Waals surface area contributed by atoms with Gasteiger partial charge < -0.3 is 5.11 Å². The van der Waals surface area contributed by atoms with Crippen molar-refractivity contribution >= 4 is 17.7 Å². The van der Waals surface area contributed by atoms with Crippen molar-refractivity contribution in [1.82, 2.24) is 14.8 Å². The second kappa shape index (κ2) is 5.53. The van der Waals surface area contributed by atoms with E-state index in [1.165, 1.54) is 11.7 Å². The van der Waals surface area contributed by atoms with Crippen LogP contribution in [0.15, 0.2) is 17.3 Å². The number of nitrogens with zero attached hydrogens (tertiary/aromatic N) is 3. The summed E-state index contributed by atoms with van der Waals surface area (Å²) in [6.45, 7) is 0. The molecule has 1 aromatic heterocycles. The van der Waals surface area contributed by atoms with Crippen LogP contribution in [-0.2, 0) is 11.8 Å². The molecule has 0 aliphatic carbocycles. The molecule has 0 aliphatic heterocycles. The Morgan fingerprint density at radius 1 is 1.35 bits per heavy atom. The van der Waals surface area contributed by atoms with Crippen LogP contribution in [0.1, 0.15) is 0 Å². The number of aromatic nitrogens is 3. The zero-order chi connectivity index (χ0) is 14.9. The topological polar surface area (TPSA) is 68.0 Å². The lowest BCUT2D eigenvalue weighted by Gasteiger charge is -1.99. The molecule has 2 rings (SSSR count). The minimum atomic E-state index is -1.60. The van der Waals surface area contributed by atoms with E-state index in [1.807, 2.05) is 0 Å². The first-order chi connectivity index (χ1) is 9.40. The van der Waals surface area contributed by atoms with E-state index in [4.69, 9.17) is 5.11 Å². The highest BCUT2D eigenvalue weighted by atomic mass is 32.2. The predicted molar refractivity (Wildman–Crippen MR) is 64.7 cm³/mol. The highest BCUT2D eigenvalue weighted by molar-refractivity contribution is 7.99. The monoisotopic (exact) mass is 303 g/mol. The molecular formula is C11H8F3N3O2S. The van der Waals surface area contributed by atoms with E-state index in [1.54, 1.807) is 0 Å². The Morgan fingerprint density at radius 2 is 2.05 bits per heavy atom. The first-order valence-corrected chi connectivity index (χ1v) is 6.28. The van der Waals surface area contributed by atoms with E-state index in [0.29, 0.717) is 0 Å². The fourth-order valence-electron chi connectivity index (χ4n) is 1.43. The first-order valence-electron chi connectivity index (χ1n) is 5.29. The van der Waals surface area contributed by atoms with E-state index < -0.39 is 23.4 Å². The quantitative estimate of drug-likeness (QED) is 0.692. The predicted octanol–water partition coefficient (Wildman–Crippen LogP) is 2.08. The SMILES string of the molecule is Cn1nc(-c2ccc(F)c(F)c2F)nc1SCC(=O)O. The summed E-state index contributed by atoms with van der Waals surface area (Å²) < 4.78 is 40.8. The summed E-state index contributed by atoms with van der Waals surface area (Å²) in [4.78, 5) is 14.4. The smallest absolute Gasteiger partial charge is 0.313 e. The van der Waals surface area contributed by atoms with E-state index in [0.717, 1.165) is 23.9 Å². The molecular weight excluding hydrogens is 295 g/mol. The summed E-state index contributed by atoms with van der Waals surface area (Å²) in [5.74, 6) is -5.72. The molecule has 1 aromatic carbocycles. The number of carboxylic acid groups (broad SMARTS) is 1. The Labute approximate surface area is 115 Å². The maximum absolute atomic E-state index is 13.6. The maximum Gasteiger partial charge on any atom is 0.313 e. The Hall–Kier alpha value is -2.03. The molecule has 20 heavy (non-hydrogen) atoms. The number of carbonyl (C=O) groups is 1. The summed E-state index contributed by atoms with van der Waals surface area (Å²) in [6.07, 6.45) is 0. The molecule has 0 unspecified atom stereocenters. The molecule has 0 atom stereocenters. The third-order valence-electron chi connectivity index (χ3n) is 2.32. The molecule has 2 aromatic rings. The Kier molecular flexibility index (Phi) is 3.98. The van der Waals surface area contributed by atoms with Crippen LogP contribution >= 0.6 is 11.8 Å². The molecule has 0 saturated heterocycles. The number of thioether (sulfide) groups is 1. The van der Waals surface area contributed by atoms with Gasteiger partial charge in [0, 0.05) is 7.05 Å². The number of rotatable bonds is 4. The van der Waals surface area contributed by atoms with E-state index in [9.17, 15) is 18.0 Å². The summed E-state index contributed by atoms with van der Waals surface area (Å²) in [5.41, 5.74) is -0.290. The molecule has 0 bridgehead atoms. The van der Waals surface area contributed by atoms with Crippen molar-refractivity contribution in [3.8, 4) is 11.4 Å². The van der Waals surface area contributed by atoms with E-state index in [-0.39, 0.29) is 22.3 Å². The number of halogens is 3. The van der Waals surface area contributed by atoms with Gasteiger partial charge in [-0.15, -0.1) is 0 Å². The maximum atomic E-state index is 13.6. The zero-order valence-corrected chi connectivity index (χ0v) is 10.9. The van der Waals surface area contributed by atoms with E-state index >= 15 is 0 Å². The van der Waals surface area contributed by atoms with Crippen LogP contribution in [0.2, 0.25) is 0 Å². The summed E-state index contributed by atoms with van der Waals surface area (Å²) >= 11 is 0.883.